The number of likely N-dealkylation sites (tertiary alicyclic amines) is 1. The third-order valence-corrected chi connectivity index (χ3v) is 8.38. The van der Waals surface area contributed by atoms with E-state index in [2.05, 4.69) is 11.4 Å². The lowest BCUT2D eigenvalue weighted by molar-refractivity contribution is -0.136. The summed E-state index contributed by atoms with van der Waals surface area (Å²) in [5, 5.41) is 3.88. The smallest absolute Gasteiger partial charge is 0.261 e. The molecule has 1 N–H and O–H groups in total. The molecule has 1 saturated carbocycles. The van der Waals surface area contributed by atoms with Gasteiger partial charge in [-0.1, -0.05) is 43.2 Å². The molecule has 1 aliphatic carbocycles. The van der Waals surface area contributed by atoms with E-state index in [0.717, 1.165) is 58.2 Å². The van der Waals surface area contributed by atoms with Gasteiger partial charge in [-0.05, 0) is 54.0 Å². The minimum atomic E-state index is -0.628. The van der Waals surface area contributed by atoms with Gasteiger partial charge in [0.15, 0.2) is 0 Å². The van der Waals surface area contributed by atoms with Gasteiger partial charge in [0.1, 0.15) is 5.82 Å². The van der Waals surface area contributed by atoms with Crippen molar-refractivity contribution in [3.05, 3.63) is 70.4 Å². The maximum Gasteiger partial charge on any atom is 0.261 e. The van der Waals surface area contributed by atoms with Crippen LogP contribution >= 0.6 is 11.3 Å². The van der Waals surface area contributed by atoms with Crippen LogP contribution < -0.4 is 5.32 Å². The highest BCUT2D eigenvalue weighted by molar-refractivity contribution is 7.21. The van der Waals surface area contributed by atoms with Gasteiger partial charge in [0.25, 0.3) is 5.91 Å². The fraction of sp³-hybridized carbons (Fsp3) is 0.385. The number of thiophene rings is 1. The summed E-state index contributed by atoms with van der Waals surface area (Å²) in [6.07, 6.45) is 4.32. The number of hydrogen-bond acceptors (Lipinski definition) is 3. The highest BCUT2D eigenvalue weighted by atomic mass is 32.1. The van der Waals surface area contributed by atoms with Crippen molar-refractivity contribution >= 4 is 33.2 Å². The van der Waals surface area contributed by atoms with E-state index < -0.39 is 5.41 Å². The summed E-state index contributed by atoms with van der Waals surface area (Å²) < 4.78 is 15.1. The van der Waals surface area contributed by atoms with Crippen molar-refractivity contribution < 1.29 is 14.0 Å². The average molecular weight is 451 g/mol. The number of nitrogens with zero attached hydrogens (tertiary/aromatic N) is 1. The molecule has 1 aliphatic heterocycles. The molecule has 0 radical (unpaired) electrons. The van der Waals surface area contributed by atoms with Gasteiger partial charge in [0.2, 0.25) is 5.91 Å². The Kier molecular flexibility index (Phi) is 5.49. The molecule has 2 heterocycles. The van der Waals surface area contributed by atoms with Gasteiger partial charge in [-0.15, -0.1) is 11.3 Å². The number of halogens is 1. The standard InChI is InChI=1S/C26H27FN2O2S/c1-28-24(30)23-22(20-9-2-3-10-21(20)32-23)17-11-14-29(16-17)25(31)26(12-4-5-13-26)18-7-6-8-19(27)15-18/h2-3,6-10,15,17H,4-5,11-14,16H2,1H3,(H,28,30)/t17-/m1/s1. The Morgan fingerprint density at radius 3 is 2.66 bits per heavy atom. The highest BCUT2D eigenvalue weighted by Crippen LogP contribution is 2.45. The van der Waals surface area contributed by atoms with Crippen LogP contribution in [0.5, 0.6) is 0 Å². The molecule has 1 saturated heterocycles. The van der Waals surface area contributed by atoms with Gasteiger partial charge in [0, 0.05) is 30.8 Å². The van der Waals surface area contributed by atoms with Crippen molar-refractivity contribution in [1.29, 1.82) is 0 Å². The maximum absolute atomic E-state index is 14.0. The number of nitrogens with one attached hydrogen (secondary N) is 1. The lowest BCUT2D eigenvalue weighted by Crippen LogP contribution is -2.44. The van der Waals surface area contributed by atoms with Crippen molar-refractivity contribution in [3.8, 4) is 0 Å². The molecule has 2 amide bonds. The highest BCUT2D eigenvalue weighted by Gasteiger charge is 2.46. The van der Waals surface area contributed by atoms with Crippen molar-refractivity contribution in [3.63, 3.8) is 0 Å². The molecular formula is C26H27FN2O2S. The molecule has 1 aromatic heterocycles. The summed E-state index contributed by atoms with van der Waals surface area (Å²) in [6.45, 7) is 1.26. The van der Waals surface area contributed by atoms with Crippen LogP contribution in [0.3, 0.4) is 0 Å². The van der Waals surface area contributed by atoms with Crippen LogP contribution in [0.4, 0.5) is 4.39 Å². The lowest BCUT2D eigenvalue weighted by Gasteiger charge is -2.33. The van der Waals surface area contributed by atoms with Gasteiger partial charge >= 0.3 is 0 Å². The molecule has 6 heteroatoms. The second kappa shape index (κ2) is 8.32. The van der Waals surface area contributed by atoms with Crippen molar-refractivity contribution in [2.45, 2.75) is 43.4 Å². The van der Waals surface area contributed by atoms with Crippen molar-refractivity contribution in [2.24, 2.45) is 0 Å². The molecule has 0 spiro atoms. The normalized spacial score (nSPS) is 20.1. The Labute approximate surface area is 191 Å². The predicted molar refractivity (Wildman–Crippen MR) is 126 cm³/mol. The molecule has 1 atom stereocenters. The van der Waals surface area contributed by atoms with Gasteiger partial charge < -0.3 is 10.2 Å². The van der Waals surface area contributed by atoms with E-state index in [1.54, 1.807) is 13.1 Å². The molecule has 32 heavy (non-hydrogen) atoms. The van der Waals surface area contributed by atoms with E-state index in [9.17, 15) is 14.0 Å². The SMILES string of the molecule is CNC(=O)c1sc2ccccc2c1[C@@H]1CCN(C(=O)C2(c3cccc(F)c3)CCCC2)C1. The summed E-state index contributed by atoms with van der Waals surface area (Å²) in [4.78, 5) is 29.2. The minimum absolute atomic E-state index is 0.0713. The van der Waals surface area contributed by atoms with Crippen LogP contribution in [0.1, 0.15) is 58.8 Å². The molecule has 2 aliphatic rings. The van der Waals surface area contributed by atoms with Crippen LogP contribution in [-0.2, 0) is 10.2 Å². The van der Waals surface area contributed by atoms with Gasteiger partial charge in [0.05, 0.1) is 10.3 Å². The summed E-state index contributed by atoms with van der Waals surface area (Å²) >= 11 is 1.52. The number of carbonyl (C=O) groups excluding carboxylic acids is 2. The first kappa shape index (κ1) is 21.1. The first-order valence-electron chi connectivity index (χ1n) is 11.3. The average Bonchev–Trinajstić information content (AvgIpc) is 3.56. The Balaban J connectivity index is 1.47. The van der Waals surface area contributed by atoms with E-state index in [4.69, 9.17) is 0 Å². The Morgan fingerprint density at radius 1 is 1.12 bits per heavy atom. The fourth-order valence-electron chi connectivity index (χ4n) is 5.63. The first-order chi connectivity index (χ1) is 15.5. The van der Waals surface area contributed by atoms with Crippen LogP contribution in [0.15, 0.2) is 48.5 Å². The summed E-state index contributed by atoms with van der Waals surface area (Å²) in [7, 11) is 1.66. The van der Waals surface area contributed by atoms with E-state index in [-0.39, 0.29) is 23.5 Å². The summed E-state index contributed by atoms with van der Waals surface area (Å²) in [6, 6.07) is 14.7. The molecule has 2 aromatic carbocycles. The van der Waals surface area contributed by atoms with Gasteiger partial charge in [-0.2, -0.15) is 0 Å². The van der Waals surface area contributed by atoms with Crippen molar-refractivity contribution in [2.75, 3.05) is 20.1 Å². The first-order valence-corrected chi connectivity index (χ1v) is 12.1. The van der Waals surface area contributed by atoms with E-state index in [0.29, 0.717) is 13.1 Å². The predicted octanol–water partition coefficient (Wildman–Crippen LogP) is 5.23. The third kappa shape index (κ3) is 3.41. The Hall–Kier alpha value is -2.73. The zero-order valence-electron chi connectivity index (χ0n) is 18.2. The number of carbonyl (C=O) groups is 2. The molecule has 5 rings (SSSR count). The number of benzene rings is 2. The fourth-order valence-corrected chi connectivity index (χ4v) is 6.86. The summed E-state index contributed by atoms with van der Waals surface area (Å²) in [5.74, 6) is -0.128. The third-order valence-electron chi connectivity index (χ3n) is 7.19. The maximum atomic E-state index is 14.0. The quantitative estimate of drug-likeness (QED) is 0.592. The molecule has 0 bridgehead atoms. The van der Waals surface area contributed by atoms with E-state index in [1.165, 1.54) is 23.5 Å². The molecule has 166 valence electrons. The molecule has 4 nitrogen and oxygen atoms in total. The van der Waals surface area contributed by atoms with Crippen molar-refractivity contribution in [1.82, 2.24) is 10.2 Å². The summed E-state index contributed by atoms with van der Waals surface area (Å²) in [5.41, 5.74) is 1.24. The van der Waals surface area contributed by atoms with E-state index >= 15 is 0 Å². The van der Waals surface area contributed by atoms with Gasteiger partial charge in [-0.3, -0.25) is 9.59 Å². The second-order valence-corrected chi connectivity index (χ2v) is 10.0. The zero-order valence-corrected chi connectivity index (χ0v) is 19.0. The number of amides is 2. The molecule has 3 aromatic rings. The van der Waals surface area contributed by atoms with Crippen LogP contribution in [0.25, 0.3) is 10.1 Å². The largest absolute Gasteiger partial charge is 0.354 e. The van der Waals surface area contributed by atoms with Crippen LogP contribution in [0, 0.1) is 5.82 Å². The van der Waals surface area contributed by atoms with E-state index in [1.807, 2.05) is 29.2 Å². The number of rotatable bonds is 4. The van der Waals surface area contributed by atoms with Gasteiger partial charge in [-0.25, -0.2) is 4.39 Å². The van der Waals surface area contributed by atoms with Crippen LogP contribution in [0.2, 0.25) is 0 Å². The minimum Gasteiger partial charge on any atom is -0.354 e. The second-order valence-electron chi connectivity index (χ2n) is 8.96. The zero-order chi connectivity index (χ0) is 22.3. The monoisotopic (exact) mass is 450 g/mol. The number of fused-ring (bicyclic) bond motifs is 1. The topological polar surface area (TPSA) is 49.4 Å². The molecular weight excluding hydrogens is 423 g/mol. The Morgan fingerprint density at radius 2 is 1.91 bits per heavy atom. The number of hydrogen-bond donors (Lipinski definition) is 1. The Bertz CT molecular complexity index is 1180. The molecule has 2 fully saturated rings. The molecule has 0 unspecified atom stereocenters. The lowest BCUT2D eigenvalue weighted by atomic mass is 9.77. The van der Waals surface area contributed by atoms with Crippen LogP contribution in [-0.4, -0.2) is 36.9 Å².